The Morgan fingerprint density at radius 1 is 0.907 bits per heavy atom. The number of aromatic nitrogens is 4. The number of fused-ring (bicyclic) bond motifs is 1. The van der Waals surface area contributed by atoms with Crippen molar-refractivity contribution in [2.45, 2.75) is 6.42 Å². The van der Waals surface area contributed by atoms with Gasteiger partial charge in [-0.25, -0.2) is 4.89 Å². The van der Waals surface area contributed by atoms with Crippen molar-refractivity contribution in [3.63, 3.8) is 0 Å². The minimum absolute atomic E-state index is 0.0699. The van der Waals surface area contributed by atoms with E-state index in [0.717, 1.165) is 4.52 Å². The first-order valence-corrected chi connectivity index (χ1v) is 16.2. The van der Waals surface area contributed by atoms with Crippen molar-refractivity contribution in [1.29, 1.82) is 0 Å². The van der Waals surface area contributed by atoms with Crippen molar-refractivity contribution in [1.82, 2.24) is 19.6 Å². The predicted octanol–water partition coefficient (Wildman–Crippen LogP) is 3.17. The van der Waals surface area contributed by atoms with E-state index in [0.29, 0.717) is 0 Å². The molecule has 0 aliphatic heterocycles. The van der Waals surface area contributed by atoms with Crippen molar-refractivity contribution in [3.05, 3.63) is 106 Å². The summed E-state index contributed by atoms with van der Waals surface area (Å²) in [6.07, 6.45) is 0.127. The molecule has 3 aromatic carbocycles. The van der Waals surface area contributed by atoms with E-state index >= 15 is 8.78 Å². The molecule has 4 N–H and O–H groups in total. The summed E-state index contributed by atoms with van der Waals surface area (Å²) in [6, 6.07) is 13.7. The number of H-pyrrole nitrogens is 1. The van der Waals surface area contributed by atoms with Crippen molar-refractivity contribution in [3.8, 4) is 0 Å². The standard InChI is InChI=1S/C26H18F5N6O4PSe/c27-18-19(28)21(30)23(22(31)20(18)29)42(43,15-6-2-1-3-7-15)16-8-4-5-13(11-16)33-26(39)35-24-34-25-32-14(9-10-41-40)12-17(38)37(25)36-24/h1-8,11-12,40H,9-10H2,(H3,32,33,34,35,36,39). The predicted molar refractivity (Wildman–Crippen MR) is 149 cm³/mol. The molecule has 5 rings (SSSR count). The molecule has 2 aromatic heterocycles. The summed E-state index contributed by atoms with van der Waals surface area (Å²) in [5.74, 6) is -10.6. The van der Waals surface area contributed by atoms with Gasteiger partial charge in [0.05, 0.1) is 6.61 Å². The fourth-order valence-corrected chi connectivity index (χ4v) is 9.49. The van der Waals surface area contributed by atoms with Gasteiger partial charge in [0.1, 0.15) is 0 Å². The molecule has 17 heteroatoms. The average molecular weight is 683 g/mol. The van der Waals surface area contributed by atoms with Crippen molar-refractivity contribution >= 4 is 60.0 Å². The third kappa shape index (κ3) is 5.75. The van der Waals surface area contributed by atoms with Gasteiger partial charge in [-0.3, -0.25) is 5.26 Å². The van der Waals surface area contributed by atoms with E-state index in [-0.39, 0.29) is 46.7 Å². The van der Waals surface area contributed by atoms with E-state index in [1.807, 2.05) is 0 Å². The second-order valence-electron chi connectivity index (χ2n) is 8.87. The first kappa shape index (κ1) is 30.3. The molecule has 43 heavy (non-hydrogen) atoms. The number of amides is 2. The second kappa shape index (κ2) is 12.2. The molecule has 0 spiro atoms. The van der Waals surface area contributed by atoms with Crippen LogP contribution in [-0.2, 0) is 11.3 Å². The van der Waals surface area contributed by atoms with Crippen LogP contribution in [0.4, 0.5) is 38.4 Å². The van der Waals surface area contributed by atoms with Crippen LogP contribution in [0.1, 0.15) is 5.69 Å². The Kier molecular flexibility index (Phi) is 8.58. The van der Waals surface area contributed by atoms with Crippen LogP contribution < -0.4 is 32.1 Å². The fraction of sp³-hybridized carbons (Fsp3) is 0.0769. The van der Waals surface area contributed by atoms with Crippen LogP contribution in [0.5, 0.6) is 0 Å². The zero-order valence-electron chi connectivity index (χ0n) is 21.4. The van der Waals surface area contributed by atoms with Crippen LogP contribution in [0.15, 0.2) is 65.5 Å². The molecule has 2 amide bonds. The molecule has 0 saturated heterocycles. The molecule has 0 saturated carbocycles. The summed E-state index contributed by atoms with van der Waals surface area (Å²) in [6.45, 7) is -0.104. The van der Waals surface area contributed by atoms with E-state index in [1.54, 1.807) is 18.2 Å². The number of carbonyl (C=O) groups excluding carboxylic acids is 1. The minimum atomic E-state index is -3.63. The molecule has 222 valence electrons. The van der Waals surface area contributed by atoms with Crippen molar-refractivity contribution < 1.29 is 36.9 Å². The Labute approximate surface area is 245 Å². The number of hydrogen-bond acceptors (Lipinski definition) is 6. The summed E-state index contributed by atoms with van der Waals surface area (Å²) in [5.41, 5.74) is -3.79. The number of anilines is 2. The first-order valence-electron chi connectivity index (χ1n) is 12.2. The van der Waals surface area contributed by atoms with Gasteiger partial charge in [-0.1, -0.05) is 0 Å². The monoisotopic (exact) mass is 684 g/mol. The number of benzene rings is 3. The van der Waals surface area contributed by atoms with Gasteiger partial charge >= 0.3 is 223 Å². The molecule has 0 aliphatic rings. The number of nitrogens with zero attached hydrogens (tertiary/aromatic N) is 3. The third-order valence-corrected chi connectivity index (χ3v) is 13.0. The van der Waals surface area contributed by atoms with Gasteiger partial charge in [0.15, 0.2) is 0 Å². The van der Waals surface area contributed by atoms with E-state index in [2.05, 4.69) is 45.7 Å². The maximum absolute atomic E-state index is 15.2. The van der Waals surface area contributed by atoms with Crippen LogP contribution in [0.2, 0.25) is 0 Å². The molecule has 10 nitrogen and oxygen atoms in total. The van der Waals surface area contributed by atoms with Crippen LogP contribution in [-0.4, -0.2) is 52.6 Å². The third-order valence-electron chi connectivity index (χ3n) is 6.15. The van der Waals surface area contributed by atoms with Crippen molar-refractivity contribution in [2.75, 3.05) is 17.2 Å². The quantitative estimate of drug-likeness (QED) is 0.0378. The van der Waals surface area contributed by atoms with Gasteiger partial charge in [-0.15, -0.1) is 0 Å². The Hall–Kier alpha value is -4.20. The number of aromatic amines is 1. The van der Waals surface area contributed by atoms with E-state index in [4.69, 9.17) is 5.26 Å². The Bertz CT molecular complexity index is 1940. The second-order valence-corrected chi connectivity index (χ2v) is 15.0. The zero-order chi connectivity index (χ0) is 30.9. The zero-order valence-corrected chi connectivity index (χ0v) is 24.1. The first-order chi connectivity index (χ1) is 20.5. The van der Waals surface area contributed by atoms with Gasteiger partial charge < -0.3 is 0 Å². The topological polar surface area (TPSA) is 134 Å². The number of rotatable bonds is 8. The summed E-state index contributed by atoms with van der Waals surface area (Å²) in [4.78, 5) is 37.3. The molecule has 5 aromatic rings. The van der Waals surface area contributed by atoms with Crippen LogP contribution in [0.25, 0.3) is 5.78 Å². The summed E-state index contributed by atoms with van der Waals surface area (Å²) in [5, 5.41) is 15.4. The van der Waals surface area contributed by atoms with Gasteiger partial charge in [0, 0.05) is 6.42 Å². The molecule has 0 radical (unpaired) electrons. The molecule has 0 bridgehead atoms. The van der Waals surface area contributed by atoms with Gasteiger partial charge in [0.25, 0.3) is 0 Å². The van der Waals surface area contributed by atoms with Crippen LogP contribution in [0.3, 0.4) is 0 Å². The summed E-state index contributed by atoms with van der Waals surface area (Å²) < 4.78 is 73.9. The maximum atomic E-state index is 15.2. The number of hydrogen-bond donors (Lipinski definition) is 4. The van der Waals surface area contributed by atoms with Crippen molar-refractivity contribution in [2.24, 2.45) is 0 Å². The van der Waals surface area contributed by atoms with Crippen LogP contribution in [0, 0.1) is 29.1 Å². The Morgan fingerprint density at radius 2 is 1.56 bits per heavy atom. The number of nitrogens with one attached hydrogen (secondary N) is 3. The number of carbonyl (C=O) groups is 1. The summed E-state index contributed by atoms with van der Waals surface area (Å²) in [7, 11) is 0. The Balaban J connectivity index is 1.49. The fourth-order valence-electron chi connectivity index (χ4n) is 4.23. The van der Waals surface area contributed by atoms with Gasteiger partial charge in [-0.2, -0.15) is 0 Å². The molecule has 1 atom stereocenters. The van der Waals surface area contributed by atoms with Gasteiger partial charge in [0.2, 0.25) is 0 Å². The summed E-state index contributed by atoms with van der Waals surface area (Å²) >= 11 is 2.72. The molecular formula is C26H18F5N6O4PSe. The number of halogens is 5. The average Bonchev–Trinajstić information content (AvgIpc) is 3.41. The molecule has 2 heterocycles. The van der Waals surface area contributed by atoms with E-state index in [1.165, 1.54) is 42.5 Å². The molecule has 1 unspecified atom stereocenters. The molecule has 0 fully saturated rings. The molecular weight excluding hydrogens is 665 g/mol. The normalized spacial score (nSPS) is 12.7. The SMILES string of the molecule is O=C(Nc1cccc(P(=[Se])(c2ccccc2)c2c(F)c(F)c(F)c(F)c2F)c1)Nc1nc2nc(CCOO)cc(=O)n2[nH]1. The van der Waals surface area contributed by atoms with E-state index < -0.39 is 51.5 Å². The van der Waals surface area contributed by atoms with E-state index in [9.17, 15) is 22.8 Å². The number of urea groups is 1. The van der Waals surface area contributed by atoms with Gasteiger partial charge in [-0.05, 0) is 0 Å². The van der Waals surface area contributed by atoms with Crippen LogP contribution >= 0.6 is 5.51 Å². The Morgan fingerprint density at radius 3 is 2.23 bits per heavy atom. The molecule has 0 aliphatic carbocycles.